The van der Waals surface area contributed by atoms with Crippen LogP contribution in [0.3, 0.4) is 0 Å². The maximum absolute atomic E-state index is 13.2. The number of halogens is 3. The molecule has 1 aliphatic carbocycles. The van der Waals surface area contributed by atoms with Gasteiger partial charge in [0.05, 0.1) is 5.56 Å². The molecule has 0 unspecified atom stereocenters. The van der Waals surface area contributed by atoms with E-state index in [1.807, 2.05) is 0 Å². The number of benzene rings is 1. The third-order valence-corrected chi connectivity index (χ3v) is 3.76. The topological polar surface area (TPSA) is 21.3 Å². The first-order valence-corrected chi connectivity index (χ1v) is 7.01. The van der Waals surface area contributed by atoms with Gasteiger partial charge in [-0.25, -0.2) is 0 Å². The molecule has 0 bridgehead atoms. The summed E-state index contributed by atoms with van der Waals surface area (Å²) < 4.78 is 44.9. The molecule has 1 N–H and O–H groups in total. The van der Waals surface area contributed by atoms with E-state index < -0.39 is 11.7 Å². The zero-order valence-corrected chi connectivity index (χ0v) is 11.6. The van der Waals surface area contributed by atoms with Crippen LogP contribution in [-0.2, 0) is 6.18 Å². The van der Waals surface area contributed by atoms with E-state index in [2.05, 4.69) is 5.32 Å². The van der Waals surface area contributed by atoms with Crippen molar-refractivity contribution in [3.05, 3.63) is 29.3 Å². The van der Waals surface area contributed by atoms with E-state index in [1.54, 1.807) is 19.2 Å². The molecule has 112 valence electrons. The van der Waals surface area contributed by atoms with Crippen LogP contribution in [0.25, 0.3) is 0 Å². The molecule has 0 aliphatic heterocycles. The Kier molecular flexibility index (Phi) is 4.91. The third-order valence-electron chi connectivity index (χ3n) is 3.76. The number of rotatable bonds is 4. The Balaban J connectivity index is 2.30. The van der Waals surface area contributed by atoms with Crippen molar-refractivity contribution in [2.24, 2.45) is 0 Å². The Hall–Kier alpha value is -1.23. The lowest BCUT2D eigenvalue weighted by atomic mass is 9.82. The summed E-state index contributed by atoms with van der Waals surface area (Å²) in [5.74, 6) is 0.282. The highest BCUT2D eigenvalue weighted by Crippen LogP contribution is 2.41. The van der Waals surface area contributed by atoms with Gasteiger partial charge >= 0.3 is 6.18 Å². The van der Waals surface area contributed by atoms with Gasteiger partial charge in [-0.05, 0) is 43.5 Å². The first-order chi connectivity index (χ1) is 9.52. The predicted molar refractivity (Wildman–Crippen MR) is 71.8 cm³/mol. The van der Waals surface area contributed by atoms with Crippen LogP contribution in [0.5, 0.6) is 5.75 Å². The predicted octanol–water partition coefficient (Wildman–Crippen LogP) is 4.31. The fraction of sp³-hybridized carbons (Fsp3) is 0.600. The van der Waals surface area contributed by atoms with Gasteiger partial charge in [-0.15, -0.1) is 0 Å². The minimum Gasteiger partial charge on any atom is -0.478 e. The van der Waals surface area contributed by atoms with Crippen molar-refractivity contribution in [2.45, 2.75) is 44.2 Å². The summed E-state index contributed by atoms with van der Waals surface area (Å²) in [6, 6.07) is 4.35. The van der Waals surface area contributed by atoms with Crippen LogP contribution < -0.4 is 10.1 Å². The maximum Gasteiger partial charge on any atom is 0.416 e. The van der Waals surface area contributed by atoms with Gasteiger partial charge in [0.1, 0.15) is 12.5 Å². The van der Waals surface area contributed by atoms with Crippen LogP contribution in [0.4, 0.5) is 13.2 Å². The molecule has 1 aromatic carbocycles. The van der Waals surface area contributed by atoms with Crippen molar-refractivity contribution < 1.29 is 17.9 Å². The zero-order valence-electron chi connectivity index (χ0n) is 11.6. The largest absolute Gasteiger partial charge is 0.478 e. The minimum absolute atomic E-state index is 0.0266. The van der Waals surface area contributed by atoms with E-state index in [0.717, 1.165) is 38.2 Å². The number of hydrogen-bond acceptors (Lipinski definition) is 2. The van der Waals surface area contributed by atoms with Gasteiger partial charge in [-0.3, -0.25) is 5.32 Å². The molecule has 0 radical (unpaired) electrons. The normalized spacial score (nSPS) is 17.2. The lowest BCUT2D eigenvalue weighted by Crippen LogP contribution is -2.17. The van der Waals surface area contributed by atoms with E-state index in [9.17, 15) is 13.2 Å². The first kappa shape index (κ1) is 15.2. The van der Waals surface area contributed by atoms with Gasteiger partial charge < -0.3 is 4.74 Å². The van der Waals surface area contributed by atoms with Gasteiger partial charge in [-0.2, -0.15) is 13.2 Å². The molecule has 5 heteroatoms. The molecule has 1 aromatic rings. The SMILES string of the molecule is CNCOc1ccc(C2CCCCC2)c(C(F)(F)F)c1. The number of alkyl halides is 3. The zero-order chi connectivity index (χ0) is 14.6. The smallest absolute Gasteiger partial charge is 0.416 e. The Morgan fingerprint density at radius 1 is 1.20 bits per heavy atom. The fourth-order valence-corrected chi connectivity index (χ4v) is 2.80. The van der Waals surface area contributed by atoms with Gasteiger partial charge in [0.2, 0.25) is 0 Å². The summed E-state index contributed by atoms with van der Waals surface area (Å²) in [4.78, 5) is 0. The second kappa shape index (κ2) is 6.48. The second-order valence-corrected chi connectivity index (χ2v) is 5.22. The minimum atomic E-state index is -4.33. The molecule has 2 rings (SSSR count). The molecule has 0 amide bonds. The van der Waals surface area contributed by atoms with Gasteiger partial charge in [0.15, 0.2) is 0 Å². The average molecular weight is 287 g/mol. The highest BCUT2D eigenvalue weighted by atomic mass is 19.4. The Morgan fingerprint density at radius 3 is 2.50 bits per heavy atom. The molecule has 0 atom stereocenters. The summed E-state index contributed by atoms with van der Waals surface area (Å²) in [7, 11) is 1.68. The van der Waals surface area contributed by atoms with Crippen molar-refractivity contribution in [3.8, 4) is 5.75 Å². The molecule has 0 spiro atoms. The Morgan fingerprint density at radius 2 is 1.90 bits per heavy atom. The third kappa shape index (κ3) is 3.66. The van der Waals surface area contributed by atoms with E-state index in [-0.39, 0.29) is 18.4 Å². The van der Waals surface area contributed by atoms with Crippen molar-refractivity contribution >= 4 is 0 Å². The standard InChI is InChI=1S/C15H20F3NO/c1-19-10-20-12-7-8-13(11-5-3-2-4-6-11)14(9-12)15(16,17)18/h7-9,11,19H,2-6,10H2,1H3. The highest BCUT2D eigenvalue weighted by Gasteiger charge is 2.36. The molecule has 1 aliphatic rings. The van der Waals surface area contributed by atoms with Crippen molar-refractivity contribution in [3.63, 3.8) is 0 Å². The van der Waals surface area contributed by atoms with Crippen LogP contribution in [0, 0.1) is 0 Å². The van der Waals surface area contributed by atoms with Crippen LogP contribution in [0.2, 0.25) is 0 Å². The summed E-state index contributed by atoms with van der Waals surface area (Å²) in [5.41, 5.74) is -0.119. The molecule has 0 aromatic heterocycles. The van der Waals surface area contributed by atoms with Crippen LogP contribution in [0.1, 0.15) is 49.1 Å². The fourth-order valence-electron chi connectivity index (χ4n) is 2.80. The number of hydrogen-bond donors (Lipinski definition) is 1. The second-order valence-electron chi connectivity index (χ2n) is 5.22. The number of ether oxygens (including phenoxy) is 1. The Labute approximate surface area is 117 Å². The number of nitrogens with one attached hydrogen (secondary N) is 1. The maximum atomic E-state index is 13.2. The van der Waals surface area contributed by atoms with Crippen molar-refractivity contribution in [2.75, 3.05) is 13.8 Å². The molecule has 1 saturated carbocycles. The van der Waals surface area contributed by atoms with E-state index in [1.165, 1.54) is 0 Å². The molecular weight excluding hydrogens is 267 g/mol. The average Bonchev–Trinajstić information content (AvgIpc) is 2.45. The summed E-state index contributed by atoms with van der Waals surface area (Å²) in [5, 5.41) is 2.75. The van der Waals surface area contributed by atoms with E-state index in [0.29, 0.717) is 5.56 Å². The molecular formula is C15H20F3NO. The molecule has 0 saturated heterocycles. The van der Waals surface area contributed by atoms with Crippen LogP contribution in [0.15, 0.2) is 18.2 Å². The lowest BCUT2D eigenvalue weighted by Gasteiger charge is -2.25. The molecule has 2 nitrogen and oxygen atoms in total. The van der Waals surface area contributed by atoms with Gasteiger partial charge in [-0.1, -0.05) is 25.3 Å². The summed E-state index contributed by atoms with van der Waals surface area (Å²) in [6.45, 7) is 0.195. The first-order valence-electron chi connectivity index (χ1n) is 7.01. The van der Waals surface area contributed by atoms with E-state index in [4.69, 9.17) is 4.74 Å². The lowest BCUT2D eigenvalue weighted by molar-refractivity contribution is -0.138. The van der Waals surface area contributed by atoms with E-state index >= 15 is 0 Å². The van der Waals surface area contributed by atoms with Crippen LogP contribution >= 0.6 is 0 Å². The monoisotopic (exact) mass is 287 g/mol. The van der Waals surface area contributed by atoms with Crippen LogP contribution in [-0.4, -0.2) is 13.8 Å². The molecule has 1 fully saturated rings. The van der Waals surface area contributed by atoms with Crippen molar-refractivity contribution in [1.82, 2.24) is 5.32 Å². The molecule has 0 heterocycles. The van der Waals surface area contributed by atoms with Gasteiger partial charge in [0.25, 0.3) is 0 Å². The van der Waals surface area contributed by atoms with Gasteiger partial charge in [0, 0.05) is 0 Å². The summed E-state index contributed by atoms with van der Waals surface area (Å²) >= 11 is 0. The Bertz CT molecular complexity index is 439. The molecule has 20 heavy (non-hydrogen) atoms. The highest BCUT2D eigenvalue weighted by molar-refractivity contribution is 5.39. The van der Waals surface area contributed by atoms with Crippen molar-refractivity contribution in [1.29, 1.82) is 0 Å². The quantitative estimate of drug-likeness (QED) is 0.833. The summed E-state index contributed by atoms with van der Waals surface area (Å²) in [6.07, 6.45) is 0.520.